The normalized spacial score (nSPS) is 12.4. The molecule has 0 saturated carbocycles. The first-order valence-corrected chi connectivity index (χ1v) is 4.78. The largest absolute Gasteiger partial charge is 0.461 e. The summed E-state index contributed by atoms with van der Waals surface area (Å²) in [6.45, 7) is 2.69. The third kappa shape index (κ3) is 3.56. The Labute approximate surface area is 89.1 Å². The van der Waals surface area contributed by atoms with Gasteiger partial charge in [-0.05, 0) is 26.1 Å². The average Bonchev–Trinajstić information content (AvgIpc) is 2.70. The van der Waals surface area contributed by atoms with E-state index < -0.39 is 0 Å². The van der Waals surface area contributed by atoms with Gasteiger partial charge >= 0.3 is 0 Å². The van der Waals surface area contributed by atoms with Gasteiger partial charge in [-0.2, -0.15) is 5.26 Å². The molecule has 0 aliphatic heterocycles. The van der Waals surface area contributed by atoms with Crippen LogP contribution in [0.3, 0.4) is 0 Å². The van der Waals surface area contributed by atoms with Crippen molar-refractivity contribution in [2.24, 2.45) is 5.92 Å². The molecule has 4 heteroatoms. The van der Waals surface area contributed by atoms with E-state index in [1.165, 1.54) is 6.26 Å². The van der Waals surface area contributed by atoms with Gasteiger partial charge in [-0.25, -0.2) is 0 Å². The van der Waals surface area contributed by atoms with Crippen molar-refractivity contribution in [3.63, 3.8) is 0 Å². The number of nitrogens with zero attached hydrogens (tertiary/aromatic N) is 2. The molecular weight excluding hydrogens is 192 g/mol. The molecule has 0 aromatic carbocycles. The Kier molecular flexibility index (Phi) is 4.07. The standard InChI is InChI=1S/C11H14N2O2/c1-9(6-12)7-13(2)8-10(14)11-4-3-5-15-11/h3-5,9H,7-8H2,1-2H3. The van der Waals surface area contributed by atoms with Gasteiger partial charge in [0.1, 0.15) is 0 Å². The average molecular weight is 206 g/mol. The van der Waals surface area contributed by atoms with E-state index in [1.54, 1.807) is 12.1 Å². The quantitative estimate of drug-likeness (QED) is 0.686. The number of Topliss-reactive ketones (excluding diaryl/α,β-unsaturated/α-hetero) is 1. The van der Waals surface area contributed by atoms with Crippen LogP contribution in [-0.4, -0.2) is 30.8 Å². The van der Waals surface area contributed by atoms with Gasteiger partial charge in [0.2, 0.25) is 5.78 Å². The maximum absolute atomic E-state index is 11.6. The van der Waals surface area contributed by atoms with Crippen LogP contribution in [0.1, 0.15) is 17.5 Å². The number of hydrogen-bond acceptors (Lipinski definition) is 4. The highest BCUT2D eigenvalue weighted by molar-refractivity contribution is 5.94. The number of hydrogen-bond donors (Lipinski definition) is 0. The molecule has 15 heavy (non-hydrogen) atoms. The highest BCUT2D eigenvalue weighted by Gasteiger charge is 2.13. The predicted molar refractivity (Wildman–Crippen MR) is 55.3 cm³/mol. The highest BCUT2D eigenvalue weighted by atomic mass is 16.3. The fourth-order valence-electron chi connectivity index (χ4n) is 1.33. The molecule has 1 heterocycles. The Morgan fingerprint density at radius 2 is 2.47 bits per heavy atom. The molecule has 1 atom stereocenters. The smallest absolute Gasteiger partial charge is 0.211 e. The lowest BCUT2D eigenvalue weighted by molar-refractivity contribution is 0.0915. The molecule has 1 aromatic heterocycles. The van der Waals surface area contributed by atoms with Crippen LogP contribution in [0.2, 0.25) is 0 Å². The molecule has 4 nitrogen and oxygen atoms in total. The SMILES string of the molecule is CC(C#N)CN(C)CC(=O)c1ccco1. The van der Waals surface area contributed by atoms with E-state index in [0.717, 1.165) is 0 Å². The Morgan fingerprint density at radius 1 is 1.73 bits per heavy atom. The number of likely N-dealkylation sites (N-methyl/N-ethyl adjacent to an activating group) is 1. The Morgan fingerprint density at radius 3 is 3.00 bits per heavy atom. The first-order chi connectivity index (χ1) is 7.13. The summed E-state index contributed by atoms with van der Waals surface area (Å²) >= 11 is 0. The van der Waals surface area contributed by atoms with Crippen LogP contribution in [0.15, 0.2) is 22.8 Å². The number of carbonyl (C=O) groups excluding carboxylic acids is 1. The van der Waals surface area contributed by atoms with Gasteiger partial charge in [-0.1, -0.05) is 0 Å². The topological polar surface area (TPSA) is 57.2 Å². The molecule has 80 valence electrons. The Bertz CT molecular complexity index is 351. The molecular formula is C11H14N2O2. The van der Waals surface area contributed by atoms with E-state index in [2.05, 4.69) is 6.07 Å². The maximum atomic E-state index is 11.6. The van der Waals surface area contributed by atoms with Crippen molar-refractivity contribution in [1.29, 1.82) is 5.26 Å². The predicted octanol–water partition coefficient (Wildman–Crippen LogP) is 1.55. The molecule has 1 aromatic rings. The van der Waals surface area contributed by atoms with Gasteiger partial charge in [0, 0.05) is 6.54 Å². The summed E-state index contributed by atoms with van der Waals surface area (Å²) in [4.78, 5) is 13.4. The number of furan rings is 1. The lowest BCUT2D eigenvalue weighted by atomic mass is 10.2. The van der Waals surface area contributed by atoms with Crippen LogP contribution in [0, 0.1) is 17.2 Å². The van der Waals surface area contributed by atoms with Crippen molar-refractivity contribution in [2.45, 2.75) is 6.92 Å². The fraction of sp³-hybridized carbons (Fsp3) is 0.455. The van der Waals surface area contributed by atoms with Gasteiger partial charge in [-0.3, -0.25) is 9.69 Å². The number of rotatable bonds is 5. The summed E-state index contributed by atoms with van der Waals surface area (Å²) in [5, 5.41) is 8.62. The lowest BCUT2D eigenvalue weighted by Gasteiger charge is -2.15. The highest BCUT2D eigenvalue weighted by Crippen LogP contribution is 2.03. The van der Waals surface area contributed by atoms with Crippen LogP contribution in [-0.2, 0) is 0 Å². The third-order valence-corrected chi connectivity index (χ3v) is 2.02. The molecule has 1 unspecified atom stereocenters. The maximum Gasteiger partial charge on any atom is 0.211 e. The minimum atomic E-state index is -0.0700. The molecule has 0 fully saturated rings. The summed E-state index contributed by atoms with van der Waals surface area (Å²) in [5.41, 5.74) is 0. The van der Waals surface area contributed by atoms with Gasteiger partial charge in [0.05, 0.1) is 24.8 Å². The van der Waals surface area contributed by atoms with Crippen LogP contribution < -0.4 is 0 Å². The van der Waals surface area contributed by atoms with E-state index in [0.29, 0.717) is 12.3 Å². The van der Waals surface area contributed by atoms with Gasteiger partial charge in [0.25, 0.3) is 0 Å². The van der Waals surface area contributed by atoms with Crippen LogP contribution in [0.25, 0.3) is 0 Å². The van der Waals surface area contributed by atoms with Gasteiger partial charge in [0.15, 0.2) is 5.76 Å². The second-order valence-corrected chi connectivity index (χ2v) is 3.63. The summed E-state index contributed by atoms with van der Waals surface area (Å²) in [6, 6.07) is 5.46. The van der Waals surface area contributed by atoms with Crippen LogP contribution in [0.4, 0.5) is 0 Å². The van der Waals surface area contributed by atoms with E-state index in [4.69, 9.17) is 9.68 Å². The lowest BCUT2D eigenvalue weighted by Crippen LogP contribution is -2.29. The molecule has 0 aliphatic carbocycles. The molecule has 0 bridgehead atoms. The molecule has 0 aliphatic rings. The van der Waals surface area contributed by atoms with Crippen molar-refractivity contribution in [3.8, 4) is 6.07 Å². The summed E-state index contributed by atoms with van der Waals surface area (Å²) in [6.07, 6.45) is 1.48. The van der Waals surface area contributed by atoms with Crippen molar-refractivity contribution in [1.82, 2.24) is 4.90 Å². The Balaban J connectivity index is 2.42. The van der Waals surface area contributed by atoms with E-state index in [-0.39, 0.29) is 18.2 Å². The zero-order valence-corrected chi connectivity index (χ0v) is 8.93. The van der Waals surface area contributed by atoms with Crippen LogP contribution >= 0.6 is 0 Å². The van der Waals surface area contributed by atoms with E-state index >= 15 is 0 Å². The van der Waals surface area contributed by atoms with Crippen molar-refractivity contribution in [2.75, 3.05) is 20.1 Å². The zero-order valence-electron chi connectivity index (χ0n) is 8.93. The molecule has 0 saturated heterocycles. The number of nitriles is 1. The van der Waals surface area contributed by atoms with Gasteiger partial charge < -0.3 is 4.42 Å². The summed E-state index contributed by atoms with van der Waals surface area (Å²) in [5.74, 6) is 0.235. The minimum absolute atomic E-state index is 0.0624. The van der Waals surface area contributed by atoms with E-state index in [9.17, 15) is 4.79 Å². The minimum Gasteiger partial charge on any atom is -0.461 e. The first-order valence-electron chi connectivity index (χ1n) is 4.78. The van der Waals surface area contributed by atoms with Crippen molar-refractivity contribution in [3.05, 3.63) is 24.2 Å². The van der Waals surface area contributed by atoms with Gasteiger partial charge in [-0.15, -0.1) is 0 Å². The molecule has 1 rings (SSSR count). The van der Waals surface area contributed by atoms with Crippen LogP contribution in [0.5, 0.6) is 0 Å². The molecule has 0 radical (unpaired) electrons. The monoisotopic (exact) mass is 206 g/mol. The van der Waals surface area contributed by atoms with Crippen molar-refractivity contribution >= 4 is 5.78 Å². The summed E-state index contributed by atoms with van der Waals surface area (Å²) < 4.78 is 4.99. The first kappa shape index (κ1) is 11.5. The molecule has 0 spiro atoms. The summed E-state index contributed by atoms with van der Waals surface area (Å²) in [7, 11) is 1.81. The Hall–Kier alpha value is -1.60. The second-order valence-electron chi connectivity index (χ2n) is 3.63. The third-order valence-electron chi connectivity index (χ3n) is 2.02. The molecule has 0 amide bonds. The number of ketones is 1. The zero-order chi connectivity index (χ0) is 11.3. The fourth-order valence-corrected chi connectivity index (χ4v) is 1.33. The van der Waals surface area contributed by atoms with Crippen molar-refractivity contribution < 1.29 is 9.21 Å². The molecule has 0 N–H and O–H groups in total. The second kappa shape index (κ2) is 5.32. The van der Waals surface area contributed by atoms with E-state index in [1.807, 2.05) is 18.9 Å². The number of carbonyl (C=O) groups is 1.